The highest BCUT2D eigenvalue weighted by Crippen LogP contribution is 2.35. The molecule has 2 aromatic carbocycles. The van der Waals surface area contributed by atoms with Gasteiger partial charge in [-0.15, -0.1) is 0 Å². The van der Waals surface area contributed by atoms with Crippen LogP contribution in [0.2, 0.25) is 0 Å². The number of carbonyl (C=O) groups excluding carboxylic acids is 1. The van der Waals surface area contributed by atoms with E-state index in [4.69, 9.17) is 5.26 Å². The molecular weight excluding hydrogens is 342 g/mol. The van der Waals surface area contributed by atoms with Gasteiger partial charge in [-0.05, 0) is 43.7 Å². The summed E-state index contributed by atoms with van der Waals surface area (Å²) < 4.78 is 2.64. The predicted molar refractivity (Wildman–Crippen MR) is 101 cm³/mol. The van der Waals surface area contributed by atoms with E-state index in [0.29, 0.717) is 33.2 Å². The van der Waals surface area contributed by atoms with Crippen LogP contribution in [0.4, 0.5) is 0 Å². The van der Waals surface area contributed by atoms with Gasteiger partial charge in [0.15, 0.2) is 5.78 Å². The first-order valence-electron chi connectivity index (χ1n) is 8.44. The quantitative estimate of drug-likeness (QED) is 0.705. The highest BCUT2D eigenvalue weighted by molar-refractivity contribution is 6.01. The zero-order chi connectivity index (χ0) is 19.3. The van der Waals surface area contributed by atoms with Gasteiger partial charge >= 0.3 is 0 Å². The second-order valence-electron chi connectivity index (χ2n) is 6.50. The summed E-state index contributed by atoms with van der Waals surface area (Å²) in [7, 11) is 0. The van der Waals surface area contributed by atoms with Crippen molar-refractivity contribution >= 4 is 22.3 Å². The first kappa shape index (κ1) is 16.7. The van der Waals surface area contributed by atoms with Crippen molar-refractivity contribution in [3.8, 4) is 6.07 Å². The van der Waals surface area contributed by atoms with Crippen LogP contribution in [-0.4, -0.2) is 15.1 Å². The van der Waals surface area contributed by atoms with Crippen molar-refractivity contribution in [2.75, 3.05) is 0 Å². The van der Waals surface area contributed by atoms with E-state index in [2.05, 4.69) is 0 Å². The van der Waals surface area contributed by atoms with Crippen LogP contribution in [0.5, 0.6) is 0 Å². The average Bonchev–Trinajstić information content (AvgIpc) is 3.00. The summed E-state index contributed by atoms with van der Waals surface area (Å²) in [5.74, 6) is -0.207. The van der Waals surface area contributed by atoms with Crippen LogP contribution in [0.15, 0.2) is 63.7 Å². The first-order chi connectivity index (χ1) is 13.0. The Balaban J connectivity index is 2.12. The Bertz CT molecular complexity index is 1300. The van der Waals surface area contributed by atoms with Crippen molar-refractivity contribution < 1.29 is 4.79 Å². The van der Waals surface area contributed by atoms with Gasteiger partial charge < -0.3 is 0 Å². The van der Waals surface area contributed by atoms with Crippen LogP contribution in [0, 0.1) is 11.3 Å². The van der Waals surface area contributed by atoms with Crippen molar-refractivity contribution in [1.29, 1.82) is 5.26 Å². The molecule has 27 heavy (non-hydrogen) atoms. The molecular formula is C21H15N3O3. The number of Topliss-reactive ketones (excluding diaryl/α,β-unsaturated/α-hetero) is 1. The number of hydrogen-bond acceptors (Lipinski definition) is 4. The van der Waals surface area contributed by atoms with E-state index in [-0.39, 0.29) is 16.9 Å². The molecule has 0 bridgehead atoms. The molecule has 1 aromatic heterocycles. The number of ketones is 1. The molecule has 0 radical (unpaired) electrons. The number of benzene rings is 2. The lowest BCUT2D eigenvalue weighted by atomic mass is 9.95. The molecule has 0 fully saturated rings. The molecule has 0 spiro atoms. The van der Waals surface area contributed by atoms with E-state index in [0.717, 1.165) is 0 Å². The topological polar surface area (TPSA) is 84.9 Å². The van der Waals surface area contributed by atoms with Gasteiger partial charge in [0.05, 0.1) is 28.1 Å². The lowest BCUT2D eigenvalue weighted by Crippen LogP contribution is -2.37. The largest absolute Gasteiger partial charge is 0.295 e. The van der Waals surface area contributed by atoms with Gasteiger partial charge in [0.2, 0.25) is 0 Å². The third-order valence-electron chi connectivity index (χ3n) is 4.96. The maximum absolute atomic E-state index is 13.2. The fourth-order valence-electron chi connectivity index (χ4n) is 3.76. The van der Waals surface area contributed by atoms with E-state index >= 15 is 0 Å². The van der Waals surface area contributed by atoms with E-state index in [1.165, 1.54) is 16.3 Å². The Labute approximate surface area is 154 Å². The molecule has 1 atom stereocenters. The molecule has 0 saturated heterocycles. The van der Waals surface area contributed by atoms with Crippen LogP contribution in [0.1, 0.15) is 31.0 Å². The van der Waals surface area contributed by atoms with Crippen molar-refractivity contribution in [2.45, 2.75) is 19.9 Å². The Kier molecular flexibility index (Phi) is 3.67. The van der Waals surface area contributed by atoms with E-state index in [1.54, 1.807) is 55.5 Å². The summed E-state index contributed by atoms with van der Waals surface area (Å²) in [5, 5.41) is 9.65. The number of allylic oxidation sites excluding steroid dienone is 2. The smallest absolute Gasteiger partial charge is 0.277 e. The first-order valence-corrected chi connectivity index (χ1v) is 8.44. The van der Waals surface area contributed by atoms with Crippen molar-refractivity contribution in [1.82, 2.24) is 9.36 Å². The maximum atomic E-state index is 13.2. The molecule has 4 rings (SSSR count). The second-order valence-corrected chi connectivity index (χ2v) is 6.50. The normalized spacial score (nSPS) is 15.7. The Morgan fingerprint density at radius 1 is 1.00 bits per heavy atom. The fraction of sp³-hybridized carbons (Fsp3) is 0.143. The van der Waals surface area contributed by atoms with Crippen LogP contribution < -0.4 is 11.1 Å². The van der Waals surface area contributed by atoms with Gasteiger partial charge in [0, 0.05) is 5.57 Å². The molecule has 2 heterocycles. The molecule has 132 valence electrons. The predicted octanol–water partition coefficient (Wildman–Crippen LogP) is 2.46. The van der Waals surface area contributed by atoms with Gasteiger partial charge in [0.1, 0.15) is 6.04 Å². The number of fused-ring (bicyclic) bond motifs is 2. The average molecular weight is 357 g/mol. The lowest BCUT2D eigenvalue weighted by Gasteiger charge is -2.18. The molecule has 0 amide bonds. The van der Waals surface area contributed by atoms with Crippen molar-refractivity contribution in [3.05, 3.63) is 85.9 Å². The zero-order valence-electron chi connectivity index (χ0n) is 14.8. The number of nitriles is 1. The molecule has 0 N–H and O–H groups in total. The van der Waals surface area contributed by atoms with E-state index < -0.39 is 6.04 Å². The standard InChI is InChI=1S/C21H15N3O3/c1-12-18(13(2)25)19(15-9-7-14(11-22)8-10-15)24-21(27)17-6-4-3-5-16(17)20(26)23(12)24/h3-10,19H,1-2H3. The Hall–Kier alpha value is -3.72. The highest BCUT2D eigenvalue weighted by atomic mass is 16.2. The summed E-state index contributed by atoms with van der Waals surface area (Å²) >= 11 is 0. The molecule has 1 aliphatic heterocycles. The number of hydrogen-bond donors (Lipinski definition) is 0. The molecule has 3 aromatic rings. The minimum atomic E-state index is -0.708. The fourth-order valence-corrected chi connectivity index (χ4v) is 3.76. The van der Waals surface area contributed by atoms with Gasteiger partial charge in [-0.3, -0.25) is 14.4 Å². The SMILES string of the molecule is CC(=O)C1=C(C)n2c(=O)c3ccccc3c(=O)n2C1c1ccc(C#N)cc1. The van der Waals surface area contributed by atoms with Crippen LogP contribution in [0.3, 0.4) is 0 Å². The van der Waals surface area contributed by atoms with E-state index in [9.17, 15) is 14.4 Å². The third-order valence-corrected chi connectivity index (χ3v) is 4.96. The third kappa shape index (κ3) is 2.29. The minimum absolute atomic E-state index is 0.207. The van der Waals surface area contributed by atoms with Crippen molar-refractivity contribution in [3.63, 3.8) is 0 Å². The van der Waals surface area contributed by atoms with Gasteiger partial charge in [-0.1, -0.05) is 24.3 Å². The van der Waals surface area contributed by atoms with Crippen molar-refractivity contribution in [2.24, 2.45) is 0 Å². The minimum Gasteiger partial charge on any atom is -0.295 e. The Morgan fingerprint density at radius 3 is 2.15 bits per heavy atom. The number of carbonyl (C=O) groups is 1. The van der Waals surface area contributed by atoms with Crippen LogP contribution in [0.25, 0.3) is 16.5 Å². The van der Waals surface area contributed by atoms with Crippen LogP contribution in [-0.2, 0) is 4.79 Å². The van der Waals surface area contributed by atoms with Gasteiger partial charge in [-0.25, -0.2) is 9.36 Å². The Morgan fingerprint density at radius 2 is 1.59 bits per heavy atom. The van der Waals surface area contributed by atoms with Gasteiger partial charge in [-0.2, -0.15) is 5.26 Å². The van der Waals surface area contributed by atoms with Crippen LogP contribution >= 0.6 is 0 Å². The summed E-state index contributed by atoms with van der Waals surface area (Å²) in [6.45, 7) is 3.10. The summed E-state index contributed by atoms with van der Waals surface area (Å²) in [5.41, 5.74) is 1.32. The monoisotopic (exact) mass is 357 g/mol. The van der Waals surface area contributed by atoms with E-state index in [1.807, 2.05) is 6.07 Å². The lowest BCUT2D eigenvalue weighted by molar-refractivity contribution is -0.113. The zero-order valence-corrected chi connectivity index (χ0v) is 14.8. The second kappa shape index (κ2) is 5.92. The van der Waals surface area contributed by atoms with Gasteiger partial charge in [0.25, 0.3) is 11.1 Å². The maximum Gasteiger partial charge on any atom is 0.277 e. The molecule has 0 saturated carbocycles. The summed E-state index contributed by atoms with van der Waals surface area (Å²) in [4.78, 5) is 38.7. The molecule has 0 aliphatic carbocycles. The highest BCUT2D eigenvalue weighted by Gasteiger charge is 2.35. The molecule has 1 aliphatic rings. The molecule has 6 nitrogen and oxygen atoms in total. The molecule has 1 unspecified atom stereocenters. The molecule has 6 heteroatoms. The number of nitrogens with zero attached hydrogens (tertiary/aromatic N) is 3. The summed E-state index contributed by atoms with van der Waals surface area (Å²) in [6.07, 6.45) is 0. The number of rotatable bonds is 2. The number of aromatic nitrogens is 2. The summed E-state index contributed by atoms with van der Waals surface area (Å²) in [6, 6.07) is 14.7.